The van der Waals surface area contributed by atoms with Crippen LogP contribution in [0.15, 0.2) is 0 Å². The molecule has 0 aliphatic heterocycles. The maximum atomic E-state index is 11.5. The molecule has 0 aromatic heterocycles. The lowest BCUT2D eigenvalue weighted by Gasteiger charge is -2.14. The van der Waals surface area contributed by atoms with Gasteiger partial charge in [-0.15, -0.1) is 0 Å². The number of urea groups is 1. The zero-order chi connectivity index (χ0) is 14.8. The van der Waals surface area contributed by atoms with Crippen LogP contribution in [0.3, 0.4) is 0 Å². The first-order valence-corrected chi connectivity index (χ1v) is 6.45. The highest BCUT2D eigenvalue weighted by molar-refractivity contribution is 5.97. The van der Waals surface area contributed by atoms with Crippen molar-refractivity contribution in [2.45, 2.75) is 33.7 Å². The van der Waals surface area contributed by atoms with Gasteiger partial charge in [-0.1, -0.05) is 13.8 Å². The average molecular weight is 272 g/mol. The van der Waals surface area contributed by atoms with Gasteiger partial charge in [0.1, 0.15) is 0 Å². The zero-order valence-electron chi connectivity index (χ0n) is 12.0. The molecule has 0 bridgehead atoms. The molecular formula is C12H24N4O3. The van der Waals surface area contributed by atoms with Crippen LogP contribution >= 0.6 is 0 Å². The second-order valence-corrected chi connectivity index (χ2v) is 4.65. The van der Waals surface area contributed by atoms with Crippen LogP contribution in [0, 0.1) is 5.92 Å². The Hall–Kier alpha value is -1.63. The third kappa shape index (κ3) is 9.01. The molecule has 0 saturated carbocycles. The maximum absolute atomic E-state index is 11.5. The maximum Gasteiger partial charge on any atom is 0.321 e. The quantitative estimate of drug-likeness (QED) is 0.506. The molecule has 7 heteroatoms. The predicted octanol–water partition coefficient (Wildman–Crippen LogP) is -0.418. The fourth-order valence-corrected chi connectivity index (χ4v) is 1.14. The summed E-state index contributed by atoms with van der Waals surface area (Å²) in [6.45, 7) is 8.41. The van der Waals surface area contributed by atoms with Gasteiger partial charge in [-0.25, -0.2) is 4.79 Å². The van der Waals surface area contributed by atoms with E-state index in [9.17, 15) is 14.4 Å². The van der Waals surface area contributed by atoms with Crippen LogP contribution in [0.4, 0.5) is 4.79 Å². The summed E-state index contributed by atoms with van der Waals surface area (Å²) in [6.07, 6.45) is 0. The number of amides is 4. The van der Waals surface area contributed by atoms with Crippen molar-refractivity contribution < 1.29 is 14.4 Å². The predicted molar refractivity (Wildman–Crippen MR) is 72.5 cm³/mol. The first-order valence-electron chi connectivity index (χ1n) is 6.45. The zero-order valence-corrected chi connectivity index (χ0v) is 12.0. The van der Waals surface area contributed by atoms with Gasteiger partial charge >= 0.3 is 6.03 Å². The molecule has 1 unspecified atom stereocenters. The second kappa shape index (κ2) is 9.32. The molecule has 1 atom stereocenters. The van der Waals surface area contributed by atoms with E-state index in [-0.39, 0.29) is 12.5 Å². The van der Waals surface area contributed by atoms with E-state index in [1.807, 2.05) is 13.8 Å². The molecule has 0 heterocycles. The summed E-state index contributed by atoms with van der Waals surface area (Å²) < 4.78 is 0. The van der Waals surface area contributed by atoms with E-state index in [4.69, 9.17) is 0 Å². The largest absolute Gasteiger partial charge is 0.355 e. The van der Waals surface area contributed by atoms with Crippen molar-refractivity contribution in [3.05, 3.63) is 0 Å². The SMILES string of the molecule is CCNC(=O)NC(=O)C(C)NCC(=O)NCC(C)C. The lowest BCUT2D eigenvalue weighted by Crippen LogP contribution is -2.50. The molecule has 0 spiro atoms. The number of imide groups is 1. The first kappa shape index (κ1) is 17.4. The van der Waals surface area contributed by atoms with Crippen LogP contribution < -0.4 is 21.3 Å². The highest BCUT2D eigenvalue weighted by Gasteiger charge is 2.15. The fourth-order valence-electron chi connectivity index (χ4n) is 1.14. The van der Waals surface area contributed by atoms with Gasteiger partial charge in [-0.3, -0.25) is 20.2 Å². The smallest absolute Gasteiger partial charge is 0.321 e. The molecule has 0 aromatic rings. The molecule has 0 aliphatic rings. The molecule has 0 aromatic carbocycles. The summed E-state index contributed by atoms with van der Waals surface area (Å²) in [4.78, 5) is 34.1. The Labute approximate surface area is 113 Å². The number of carbonyl (C=O) groups is 3. The molecule has 0 fully saturated rings. The van der Waals surface area contributed by atoms with Crippen molar-refractivity contribution in [2.24, 2.45) is 5.92 Å². The fraction of sp³-hybridized carbons (Fsp3) is 0.750. The van der Waals surface area contributed by atoms with E-state index in [0.717, 1.165) is 0 Å². The second-order valence-electron chi connectivity index (χ2n) is 4.65. The molecule has 110 valence electrons. The van der Waals surface area contributed by atoms with Gasteiger partial charge in [0, 0.05) is 13.1 Å². The number of carbonyl (C=O) groups excluding carboxylic acids is 3. The summed E-state index contributed by atoms with van der Waals surface area (Å²) in [6, 6.07) is -1.15. The Balaban J connectivity index is 3.90. The standard InChI is InChI=1S/C12H24N4O3/c1-5-13-12(19)16-11(18)9(4)14-7-10(17)15-6-8(2)3/h8-9,14H,5-7H2,1-4H3,(H,15,17)(H2,13,16,18,19). The molecular weight excluding hydrogens is 248 g/mol. The monoisotopic (exact) mass is 272 g/mol. The van der Waals surface area contributed by atoms with Crippen LogP contribution in [-0.2, 0) is 9.59 Å². The Morgan fingerprint density at radius 2 is 1.68 bits per heavy atom. The molecule has 7 nitrogen and oxygen atoms in total. The molecule has 0 aliphatic carbocycles. The highest BCUT2D eigenvalue weighted by Crippen LogP contribution is 1.87. The third-order valence-corrected chi connectivity index (χ3v) is 2.24. The molecule has 0 rings (SSSR count). The topological polar surface area (TPSA) is 99.3 Å². The summed E-state index contributed by atoms with van der Waals surface area (Å²) in [5, 5.41) is 10.1. The van der Waals surface area contributed by atoms with E-state index < -0.39 is 18.0 Å². The number of nitrogens with one attached hydrogen (secondary N) is 4. The van der Waals surface area contributed by atoms with Gasteiger partial charge in [0.25, 0.3) is 0 Å². The lowest BCUT2D eigenvalue weighted by molar-refractivity contribution is -0.122. The lowest BCUT2D eigenvalue weighted by atomic mass is 10.2. The molecule has 4 N–H and O–H groups in total. The van der Waals surface area contributed by atoms with Crippen LogP contribution in [0.25, 0.3) is 0 Å². The van der Waals surface area contributed by atoms with Crippen molar-refractivity contribution in [1.29, 1.82) is 0 Å². The van der Waals surface area contributed by atoms with E-state index >= 15 is 0 Å². The molecule has 0 saturated heterocycles. The van der Waals surface area contributed by atoms with Gasteiger partial charge in [0.05, 0.1) is 12.6 Å². The Kier molecular flexibility index (Phi) is 8.52. The molecule has 4 amide bonds. The van der Waals surface area contributed by atoms with E-state index in [1.54, 1.807) is 13.8 Å². The van der Waals surface area contributed by atoms with E-state index in [0.29, 0.717) is 19.0 Å². The van der Waals surface area contributed by atoms with Crippen LogP contribution in [0.2, 0.25) is 0 Å². The van der Waals surface area contributed by atoms with Crippen LogP contribution in [-0.4, -0.2) is 43.5 Å². The minimum atomic E-state index is -0.618. The third-order valence-electron chi connectivity index (χ3n) is 2.24. The van der Waals surface area contributed by atoms with Gasteiger partial charge in [-0.05, 0) is 19.8 Å². The van der Waals surface area contributed by atoms with Crippen molar-refractivity contribution in [3.8, 4) is 0 Å². The van der Waals surface area contributed by atoms with Crippen molar-refractivity contribution in [1.82, 2.24) is 21.3 Å². The summed E-state index contributed by atoms with van der Waals surface area (Å²) in [5.41, 5.74) is 0. The Bertz CT molecular complexity index is 318. The van der Waals surface area contributed by atoms with Gasteiger partial charge in [-0.2, -0.15) is 0 Å². The van der Waals surface area contributed by atoms with Gasteiger partial charge < -0.3 is 10.6 Å². The minimum absolute atomic E-state index is 0.0384. The van der Waals surface area contributed by atoms with Crippen LogP contribution in [0.1, 0.15) is 27.7 Å². The normalized spacial score (nSPS) is 11.8. The summed E-state index contributed by atoms with van der Waals surface area (Å²) in [7, 11) is 0. The van der Waals surface area contributed by atoms with Crippen LogP contribution in [0.5, 0.6) is 0 Å². The molecule has 0 radical (unpaired) electrons. The minimum Gasteiger partial charge on any atom is -0.355 e. The molecule has 19 heavy (non-hydrogen) atoms. The number of hydrogen-bond acceptors (Lipinski definition) is 4. The number of rotatable bonds is 7. The average Bonchev–Trinajstić information content (AvgIpc) is 2.33. The van der Waals surface area contributed by atoms with E-state index in [2.05, 4.69) is 21.3 Å². The van der Waals surface area contributed by atoms with Crippen molar-refractivity contribution >= 4 is 17.8 Å². The number of hydrogen-bond donors (Lipinski definition) is 4. The van der Waals surface area contributed by atoms with Crippen molar-refractivity contribution in [3.63, 3.8) is 0 Å². The Morgan fingerprint density at radius 3 is 2.21 bits per heavy atom. The van der Waals surface area contributed by atoms with Crippen molar-refractivity contribution in [2.75, 3.05) is 19.6 Å². The van der Waals surface area contributed by atoms with Gasteiger partial charge in [0.15, 0.2) is 0 Å². The van der Waals surface area contributed by atoms with E-state index in [1.165, 1.54) is 0 Å². The summed E-state index contributed by atoms with van der Waals surface area (Å²) >= 11 is 0. The summed E-state index contributed by atoms with van der Waals surface area (Å²) in [5.74, 6) is -0.267. The first-order chi connectivity index (χ1) is 8.86. The Morgan fingerprint density at radius 1 is 1.05 bits per heavy atom. The highest BCUT2D eigenvalue weighted by atomic mass is 16.2. The van der Waals surface area contributed by atoms with Gasteiger partial charge in [0.2, 0.25) is 11.8 Å².